The molecular weight excluding hydrogens is 384 g/mol. The topological polar surface area (TPSA) is 96.9 Å². The van der Waals surface area contributed by atoms with Gasteiger partial charge < -0.3 is 25.2 Å². The summed E-state index contributed by atoms with van der Waals surface area (Å²) in [7, 11) is 1.55. The summed E-state index contributed by atoms with van der Waals surface area (Å²) in [4.78, 5) is 24.7. The monoisotopic (exact) mass is 412 g/mol. The maximum Gasteiger partial charge on any atom is 0.309 e. The first-order chi connectivity index (χ1) is 14.5. The van der Waals surface area contributed by atoms with Crippen molar-refractivity contribution >= 4 is 11.8 Å². The molecule has 7 heteroatoms. The van der Waals surface area contributed by atoms with Gasteiger partial charge in [0.15, 0.2) is 0 Å². The van der Waals surface area contributed by atoms with Crippen molar-refractivity contribution in [1.29, 1.82) is 0 Å². The van der Waals surface area contributed by atoms with E-state index in [1.165, 1.54) is 0 Å². The Morgan fingerprint density at radius 2 is 1.67 bits per heavy atom. The number of para-hydroxylation sites is 1. The van der Waals surface area contributed by atoms with Gasteiger partial charge in [-0.25, -0.2) is 0 Å². The highest BCUT2D eigenvalue weighted by molar-refractivity contribution is 6.35. The molecule has 1 unspecified atom stereocenters. The Bertz CT molecular complexity index is 852. The lowest BCUT2D eigenvalue weighted by atomic mass is 9.77. The Kier molecular flexibility index (Phi) is 7.43. The number of amides is 2. The highest BCUT2D eigenvalue weighted by Crippen LogP contribution is 2.35. The van der Waals surface area contributed by atoms with Crippen LogP contribution in [0.2, 0.25) is 0 Å². The molecule has 1 aliphatic rings. The van der Waals surface area contributed by atoms with Crippen LogP contribution in [0.25, 0.3) is 0 Å². The highest BCUT2D eigenvalue weighted by Gasteiger charge is 2.39. The van der Waals surface area contributed by atoms with E-state index in [0.29, 0.717) is 37.4 Å². The third-order valence-corrected chi connectivity index (χ3v) is 5.53. The van der Waals surface area contributed by atoms with Crippen LogP contribution < -0.4 is 15.4 Å². The number of benzene rings is 2. The second-order valence-electron chi connectivity index (χ2n) is 7.35. The summed E-state index contributed by atoms with van der Waals surface area (Å²) >= 11 is 0. The first-order valence-corrected chi connectivity index (χ1v) is 10.1. The zero-order valence-electron chi connectivity index (χ0n) is 17.1. The van der Waals surface area contributed by atoms with Crippen molar-refractivity contribution in [3.05, 3.63) is 65.7 Å². The summed E-state index contributed by atoms with van der Waals surface area (Å²) < 4.78 is 10.7. The number of carbonyl (C=O) groups is 2. The molecule has 1 heterocycles. The van der Waals surface area contributed by atoms with E-state index in [0.717, 1.165) is 5.56 Å². The number of rotatable bonds is 7. The third kappa shape index (κ3) is 5.17. The first-order valence-electron chi connectivity index (χ1n) is 10.1. The van der Waals surface area contributed by atoms with Crippen LogP contribution in [-0.4, -0.2) is 43.8 Å². The molecule has 3 N–H and O–H groups in total. The standard InChI is InChI=1S/C23H28N2O5/c1-29-20-10-6-5-7-17(20)15-24-21(26)22(27)25-16-23(28,18-8-3-2-4-9-18)19-11-13-30-14-12-19/h2-10,19,28H,11-16H2,1H3,(H,24,26)(H,25,27). The first kappa shape index (κ1) is 21.8. The van der Waals surface area contributed by atoms with E-state index in [1.807, 2.05) is 48.5 Å². The molecule has 1 aliphatic heterocycles. The smallest absolute Gasteiger partial charge is 0.309 e. The van der Waals surface area contributed by atoms with E-state index in [9.17, 15) is 14.7 Å². The van der Waals surface area contributed by atoms with Crippen LogP contribution in [0.3, 0.4) is 0 Å². The Morgan fingerprint density at radius 1 is 1.03 bits per heavy atom. The number of nitrogens with one attached hydrogen (secondary N) is 2. The number of methoxy groups -OCH3 is 1. The lowest BCUT2D eigenvalue weighted by Crippen LogP contribution is -2.50. The van der Waals surface area contributed by atoms with Crippen LogP contribution in [-0.2, 0) is 26.5 Å². The van der Waals surface area contributed by atoms with E-state index < -0.39 is 17.4 Å². The molecule has 0 bridgehead atoms. The Morgan fingerprint density at radius 3 is 2.37 bits per heavy atom. The van der Waals surface area contributed by atoms with Gasteiger partial charge >= 0.3 is 11.8 Å². The third-order valence-electron chi connectivity index (χ3n) is 5.53. The second-order valence-corrected chi connectivity index (χ2v) is 7.35. The van der Waals surface area contributed by atoms with Crippen molar-refractivity contribution in [1.82, 2.24) is 10.6 Å². The number of carbonyl (C=O) groups excluding carboxylic acids is 2. The van der Waals surface area contributed by atoms with E-state index in [4.69, 9.17) is 9.47 Å². The van der Waals surface area contributed by atoms with E-state index in [-0.39, 0.29) is 19.0 Å². The molecule has 1 saturated heterocycles. The average Bonchev–Trinajstić information content (AvgIpc) is 2.82. The van der Waals surface area contributed by atoms with E-state index in [2.05, 4.69) is 10.6 Å². The van der Waals surface area contributed by atoms with Gasteiger partial charge in [0.2, 0.25) is 0 Å². The molecule has 2 aromatic rings. The van der Waals surface area contributed by atoms with Crippen molar-refractivity contribution < 1.29 is 24.2 Å². The Hall–Kier alpha value is -2.90. The molecule has 30 heavy (non-hydrogen) atoms. The van der Waals surface area contributed by atoms with Crippen molar-refractivity contribution in [2.75, 3.05) is 26.9 Å². The quantitative estimate of drug-likeness (QED) is 0.602. The predicted octanol–water partition coefficient (Wildman–Crippen LogP) is 1.74. The summed E-state index contributed by atoms with van der Waals surface area (Å²) in [6.45, 7) is 1.24. The molecule has 0 saturated carbocycles. The number of hydrogen-bond donors (Lipinski definition) is 3. The minimum absolute atomic E-state index is 0.0530. The molecule has 2 amide bonds. The van der Waals surface area contributed by atoms with Crippen LogP contribution in [0.15, 0.2) is 54.6 Å². The minimum Gasteiger partial charge on any atom is -0.496 e. The van der Waals surface area contributed by atoms with Gasteiger partial charge in [-0.2, -0.15) is 0 Å². The van der Waals surface area contributed by atoms with Gasteiger partial charge in [0, 0.05) is 25.3 Å². The summed E-state index contributed by atoms with van der Waals surface area (Å²) in [6, 6.07) is 16.5. The molecular formula is C23H28N2O5. The van der Waals surface area contributed by atoms with Gasteiger partial charge in [0.25, 0.3) is 0 Å². The molecule has 160 valence electrons. The molecule has 2 aromatic carbocycles. The highest BCUT2D eigenvalue weighted by atomic mass is 16.5. The molecule has 7 nitrogen and oxygen atoms in total. The van der Waals surface area contributed by atoms with Crippen molar-refractivity contribution in [2.24, 2.45) is 5.92 Å². The van der Waals surface area contributed by atoms with Crippen LogP contribution >= 0.6 is 0 Å². The number of aliphatic hydroxyl groups is 1. The molecule has 1 fully saturated rings. The maximum atomic E-state index is 12.4. The fraction of sp³-hybridized carbons (Fsp3) is 0.391. The number of hydrogen-bond acceptors (Lipinski definition) is 5. The zero-order valence-corrected chi connectivity index (χ0v) is 17.1. The summed E-state index contributed by atoms with van der Waals surface area (Å²) in [6.07, 6.45) is 1.36. The van der Waals surface area contributed by atoms with Crippen molar-refractivity contribution in [3.63, 3.8) is 0 Å². The minimum atomic E-state index is -1.27. The molecule has 1 atom stereocenters. The number of ether oxygens (including phenoxy) is 2. The molecule has 3 rings (SSSR count). The zero-order chi connectivity index (χ0) is 21.4. The van der Waals surface area contributed by atoms with Crippen LogP contribution in [0.1, 0.15) is 24.0 Å². The summed E-state index contributed by atoms with van der Waals surface area (Å²) in [5, 5.41) is 16.7. The fourth-order valence-electron chi connectivity index (χ4n) is 3.78. The van der Waals surface area contributed by atoms with E-state index >= 15 is 0 Å². The molecule has 0 radical (unpaired) electrons. The van der Waals surface area contributed by atoms with Gasteiger partial charge in [-0.3, -0.25) is 9.59 Å². The maximum absolute atomic E-state index is 12.4. The van der Waals surface area contributed by atoms with Crippen LogP contribution in [0, 0.1) is 5.92 Å². The van der Waals surface area contributed by atoms with Crippen molar-refractivity contribution in [2.45, 2.75) is 25.0 Å². The van der Waals surface area contributed by atoms with Gasteiger partial charge in [0.05, 0.1) is 13.7 Å². The summed E-state index contributed by atoms with van der Waals surface area (Å²) in [5.41, 5.74) is 0.208. The van der Waals surface area contributed by atoms with Crippen LogP contribution in [0.4, 0.5) is 0 Å². The normalized spacial score (nSPS) is 16.3. The largest absolute Gasteiger partial charge is 0.496 e. The summed E-state index contributed by atoms with van der Waals surface area (Å²) in [5.74, 6) is -0.989. The predicted molar refractivity (Wildman–Crippen MR) is 112 cm³/mol. The van der Waals surface area contributed by atoms with Gasteiger partial charge in [-0.15, -0.1) is 0 Å². The van der Waals surface area contributed by atoms with Gasteiger partial charge in [-0.05, 0) is 30.4 Å². The SMILES string of the molecule is COc1ccccc1CNC(=O)C(=O)NCC(O)(c1ccccc1)C1CCOCC1. The fourth-order valence-corrected chi connectivity index (χ4v) is 3.78. The Labute approximate surface area is 176 Å². The molecule has 0 aliphatic carbocycles. The molecule has 0 spiro atoms. The lowest BCUT2D eigenvalue weighted by molar-refractivity contribution is -0.140. The van der Waals surface area contributed by atoms with Gasteiger partial charge in [0.1, 0.15) is 11.4 Å². The Balaban J connectivity index is 1.63. The average molecular weight is 412 g/mol. The van der Waals surface area contributed by atoms with E-state index in [1.54, 1.807) is 13.2 Å². The molecule has 0 aromatic heterocycles. The second kappa shape index (κ2) is 10.2. The lowest BCUT2D eigenvalue weighted by Gasteiger charge is -2.39. The van der Waals surface area contributed by atoms with Crippen LogP contribution in [0.5, 0.6) is 5.75 Å². The van der Waals surface area contributed by atoms with Crippen molar-refractivity contribution in [3.8, 4) is 5.75 Å². The van der Waals surface area contributed by atoms with Gasteiger partial charge in [-0.1, -0.05) is 48.5 Å².